The minimum atomic E-state index is -0.712. The lowest BCUT2D eigenvalue weighted by molar-refractivity contribution is -0.185. The van der Waals surface area contributed by atoms with Crippen molar-refractivity contribution in [1.29, 1.82) is 5.26 Å². The van der Waals surface area contributed by atoms with Crippen molar-refractivity contribution in [2.45, 2.75) is 19.5 Å². The van der Waals surface area contributed by atoms with Crippen molar-refractivity contribution < 1.29 is 23.4 Å². The van der Waals surface area contributed by atoms with Crippen LogP contribution in [0, 0.1) is 22.6 Å². The molecule has 2 heterocycles. The van der Waals surface area contributed by atoms with Crippen molar-refractivity contribution >= 4 is 5.91 Å². The predicted molar refractivity (Wildman–Crippen MR) is 81.8 cm³/mol. The van der Waals surface area contributed by atoms with E-state index in [0.717, 1.165) is 6.07 Å². The molecule has 24 heavy (non-hydrogen) atoms. The number of nitriles is 1. The van der Waals surface area contributed by atoms with E-state index < -0.39 is 11.2 Å². The molecule has 0 aromatic heterocycles. The van der Waals surface area contributed by atoms with Gasteiger partial charge in [-0.25, -0.2) is 4.39 Å². The van der Waals surface area contributed by atoms with E-state index in [-0.39, 0.29) is 37.3 Å². The average molecular weight is 334 g/mol. The number of hydrogen-bond acceptors (Lipinski definition) is 5. The molecule has 2 aliphatic rings. The van der Waals surface area contributed by atoms with Gasteiger partial charge in [-0.3, -0.25) is 4.79 Å². The molecule has 1 aromatic rings. The number of nitrogens with zero attached hydrogens (tertiary/aromatic N) is 2. The number of rotatable bonds is 3. The molecular formula is C17H19FN2O4. The summed E-state index contributed by atoms with van der Waals surface area (Å²) in [6.07, 6.45) is 0. The average Bonchev–Trinajstić information content (AvgIpc) is 2.70. The van der Waals surface area contributed by atoms with E-state index in [0.29, 0.717) is 24.5 Å². The molecule has 2 aliphatic heterocycles. The molecule has 0 N–H and O–H groups in total. The van der Waals surface area contributed by atoms with Gasteiger partial charge in [0.25, 0.3) is 0 Å². The van der Waals surface area contributed by atoms with E-state index in [2.05, 4.69) is 0 Å². The van der Waals surface area contributed by atoms with E-state index in [1.165, 1.54) is 6.07 Å². The first-order chi connectivity index (χ1) is 11.5. The van der Waals surface area contributed by atoms with Crippen LogP contribution in [0.25, 0.3) is 0 Å². The second-order valence-electron chi connectivity index (χ2n) is 6.35. The first kappa shape index (κ1) is 16.7. The fourth-order valence-corrected chi connectivity index (χ4v) is 3.05. The van der Waals surface area contributed by atoms with Gasteiger partial charge in [-0.05, 0) is 19.1 Å². The van der Waals surface area contributed by atoms with Gasteiger partial charge in [-0.15, -0.1) is 0 Å². The molecule has 6 nitrogen and oxygen atoms in total. The molecule has 1 saturated heterocycles. The minimum absolute atomic E-state index is 0.0956. The smallest absolute Gasteiger partial charge is 0.236 e. The van der Waals surface area contributed by atoms with Gasteiger partial charge in [0.05, 0.1) is 44.0 Å². The molecule has 0 aliphatic carbocycles. The topological polar surface area (TPSA) is 71.8 Å². The van der Waals surface area contributed by atoms with Gasteiger partial charge in [0.2, 0.25) is 5.91 Å². The number of carbonyl (C=O) groups is 1. The van der Waals surface area contributed by atoms with E-state index in [9.17, 15) is 9.18 Å². The summed E-state index contributed by atoms with van der Waals surface area (Å²) in [6, 6.07) is 4.35. The number of methoxy groups -OCH3 is 1. The van der Waals surface area contributed by atoms with E-state index in [4.69, 9.17) is 19.5 Å². The molecule has 1 aromatic carbocycles. The van der Waals surface area contributed by atoms with Crippen LogP contribution in [0.15, 0.2) is 12.1 Å². The Balaban J connectivity index is 1.92. The zero-order valence-corrected chi connectivity index (χ0v) is 13.7. The molecule has 0 saturated carbocycles. The number of carbonyl (C=O) groups excluding carboxylic acids is 1. The summed E-state index contributed by atoms with van der Waals surface area (Å²) in [5.74, 6) is -0.343. The fourth-order valence-electron chi connectivity index (χ4n) is 3.05. The number of benzene rings is 1. The van der Waals surface area contributed by atoms with Crippen LogP contribution in [-0.4, -0.2) is 50.4 Å². The second-order valence-corrected chi connectivity index (χ2v) is 6.35. The molecule has 7 heteroatoms. The Morgan fingerprint density at radius 3 is 2.88 bits per heavy atom. The lowest BCUT2D eigenvalue weighted by atomic mass is 9.84. The molecule has 0 unspecified atom stereocenters. The molecule has 128 valence electrons. The summed E-state index contributed by atoms with van der Waals surface area (Å²) >= 11 is 0. The summed E-state index contributed by atoms with van der Waals surface area (Å²) in [5.41, 5.74) is -0.224. The highest BCUT2D eigenvalue weighted by molar-refractivity contribution is 5.84. The maximum atomic E-state index is 14.4. The number of halogens is 1. The highest BCUT2D eigenvalue weighted by Gasteiger charge is 2.49. The van der Waals surface area contributed by atoms with Gasteiger partial charge in [0, 0.05) is 12.7 Å². The Morgan fingerprint density at radius 2 is 2.29 bits per heavy atom. The van der Waals surface area contributed by atoms with Crippen molar-refractivity contribution in [1.82, 2.24) is 4.90 Å². The molecule has 1 atom stereocenters. The zero-order valence-electron chi connectivity index (χ0n) is 13.7. The van der Waals surface area contributed by atoms with Crippen molar-refractivity contribution in [3.05, 3.63) is 29.1 Å². The Hall–Kier alpha value is -2.17. The van der Waals surface area contributed by atoms with E-state index in [1.807, 2.05) is 13.0 Å². The lowest BCUT2D eigenvalue weighted by Crippen LogP contribution is -2.59. The van der Waals surface area contributed by atoms with Gasteiger partial charge in [-0.2, -0.15) is 5.26 Å². The highest BCUT2D eigenvalue weighted by atomic mass is 19.1. The van der Waals surface area contributed by atoms with Crippen LogP contribution in [0.4, 0.5) is 4.39 Å². The van der Waals surface area contributed by atoms with Gasteiger partial charge >= 0.3 is 0 Å². The first-order valence-corrected chi connectivity index (χ1v) is 7.74. The van der Waals surface area contributed by atoms with Gasteiger partial charge < -0.3 is 19.1 Å². The summed E-state index contributed by atoms with van der Waals surface area (Å²) < 4.78 is 30.4. The monoisotopic (exact) mass is 334 g/mol. The van der Waals surface area contributed by atoms with Crippen molar-refractivity contribution in [3.63, 3.8) is 0 Å². The third-order valence-electron chi connectivity index (χ3n) is 4.52. The Morgan fingerprint density at radius 1 is 1.54 bits per heavy atom. The normalized spacial score (nSPS) is 21.8. The third kappa shape index (κ3) is 2.72. The van der Waals surface area contributed by atoms with Crippen LogP contribution in [0.5, 0.6) is 5.75 Å². The van der Waals surface area contributed by atoms with E-state index >= 15 is 0 Å². The summed E-state index contributed by atoms with van der Waals surface area (Å²) in [4.78, 5) is 14.6. The van der Waals surface area contributed by atoms with Gasteiger partial charge in [0.1, 0.15) is 23.6 Å². The van der Waals surface area contributed by atoms with Crippen LogP contribution >= 0.6 is 0 Å². The van der Waals surface area contributed by atoms with Crippen LogP contribution in [-0.2, 0) is 20.8 Å². The third-order valence-corrected chi connectivity index (χ3v) is 4.52. The molecule has 3 rings (SSSR count). The Labute approximate surface area is 139 Å². The molecular weight excluding hydrogens is 315 g/mol. The molecule has 0 radical (unpaired) electrons. The van der Waals surface area contributed by atoms with Crippen LogP contribution in [0.1, 0.15) is 18.1 Å². The lowest BCUT2D eigenvalue weighted by Gasteiger charge is -2.43. The SMILES string of the molecule is COCC1(C(=O)N2Cc3c(F)cc(C#N)cc3OC[C@@H]2C)COC1. The molecule has 0 spiro atoms. The standard InChI is InChI=1S/C17H19FN2O4/c1-11-7-24-15-4-12(5-19)3-14(18)13(15)6-20(11)16(21)17(8-22-2)9-23-10-17/h3-4,11H,6-10H2,1-2H3/t11-/m0/s1. The number of hydrogen-bond donors (Lipinski definition) is 0. The molecule has 0 bridgehead atoms. The quantitative estimate of drug-likeness (QED) is 0.837. The first-order valence-electron chi connectivity index (χ1n) is 7.74. The number of fused-ring (bicyclic) bond motifs is 1. The van der Waals surface area contributed by atoms with Crippen molar-refractivity contribution in [3.8, 4) is 11.8 Å². The molecule has 1 fully saturated rings. The maximum Gasteiger partial charge on any atom is 0.236 e. The Kier molecular flexibility index (Phi) is 4.43. The summed E-state index contributed by atoms with van der Waals surface area (Å²) in [6.45, 7) is 3.04. The van der Waals surface area contributed by atoms with Gasteiger partial charge in [0.15, 0.2) is 0 Å². The molecule has 1 amide bonds. The summed E-state index contributed by atoms with van der Waals surface area (Å²) in [7, 11) is 1.54. The van der Waals surface area contributed by atoms with Crippen LogP contribution < -0.4 is 4.74 Å². The number of amides is 1. The minimum Gasteiger partial charge on any atom is -0.491 e. The predicted octanol–water partition coefficient (Wildman–Crippen LogP) is 1.47. The van der Waals surface area contributed by atoms with Gasteiger partial charge in [-0.1, -0.05) is 0 Å². The van der Waals surface area contributed by atoms with Crippen molar-refractivity contribution in [2.75, 3.05) is 33.5 Å². The maximum absolute atomic E-state index is 14.4. The summed E-state index contributed by atoms with van der Waals surface area (Å²) in [5, 5.41) is 8.97. The second kappa shape index (κ2) is 6.38. The van der Waals surface area contributed by atoms with Crippen LogP contribution in [0.2, 0.25) is 0 Å². The van der Waals surface area contributed by atoms with E-state index in [1.54, 1.807) is 12.0 Å². The highest BCUT2D eigenvalue weighted by Crippen LogP contribution is 2.35. The van der Waals surface area contributed by atoms with Crippen molar-refractivity contribution in [2.24, 2.45) is 5.41 Å². The number of ether oxygens (including phenoxy) is 3. The largest absolute Gasteiger partial charge is 0.491 e. The van der Waals surface area contributed by atoms with Crippen LogP contribution in [0.3, 0.4) is 0 Å². The zero-order chi connectivity index (χ0) is 17.3. The fraction of sp³-hybridized carbons (Fsp3) is 0.529. The Bertz CT molecular complexity index is 697.